The zero-order valence-electron chi connectivity index (χ0n) is 40.0. The van der Waals surface area contributed by atoms with E-state index in [9.17, 15) is 19.8 Å². The molecule has 0 spiro atoms. The summed E-state index contributed by atoms with van der Waals surface area (Å²) in [5.41, 5.74) is 0. The van der Waals surface area contributed by atoms with Gasteiger partial charge in [-0.15, -0.1) is 0 Å². The average molecular weight is 852 g/mol. The highest BCUT2D eigenvalue weighted by molar-refractivity contribution is 5.77. The van der Waals surface area contributed by atoms with Gasteiger partial charge in [0.15, 0.2) is 0 Å². The van der Waals surface area contributed by atoms with Crippen LogP contribution in [0.5, 0.6) is 0 Å². The molecule has 0 saturated carbocycles. The number of hydrogen-bond acceptors (Lipinski definition) is 5. The summed E-state index contributed by atoms with van der Waals surface area (Å²) in [4.78, 5) is 26.1. The van der Waals surface area contributed by atoms with Crippen molar-refractivity contribution >= 4 is 11.9 Å². The number of nitrogens with one attached hydrogen (secondary N) is 1. The second kappa shape index (κ2) is 48.3. The fraction of sp³-hybridized carbons (Fsp3) is 0.745. The minimum absolute atomic E-state index is 0.0412. The topological polar surface area (TPSA) is 95.9 Å². The van der Waals surface area contributed by atoms with E-state index in [0.717, 1.165) is 83.5 Å². The number of unbranched alkanes of at least 4 members (excludes halogenated alkanes) is 25. The van der Waals surface area contributed by atoms with Crippen LogP contribution in [0.15, 0.2) is 72.9 Å². The van der Waals surface area contributed by atoms with Gasteiger partial charge < -0.3 is 20.3 Å². The van der Waals surface area contributed by atoms with E-state index in [2.05, 4.69) is 62.5 Å². The van der Waals surface area contributed by atoms with E-state index in [1.807, 2.05) is 36.5 Å². The van der Waals surface area contributed by atoms with E-state index in [4.69, 9.17) is 4.74 Å². The number of ether oxygens (including phenoxy) is 1. The fourth-order valence-electron chi connectivity index (χ4n) is 7.45. The highest BCUT2D eigenvalue weighted by atomic mass is 16.5. The van der Waals surface area contributed by atoms with Crippen molar-refractivity contribution in [2.45, 2.75) is 257 Å². The molecule has 0 radical (unpaired) electrons. The Labute approximate surface area is 377 Å². The molecule has 0 saturated heterocycles. The first kappa shape index (κ1) is 58.3. The lowest BCUT2D eigenvalue weighted by Crippen LogP contribution is -2.46. The molecule has 3 unspecified atom stereocenters. The fourth-order valence-corrected chi connectivity index (χ4v) is 7.45. The van der Waals surface area contributed by atoms with E-state index >= 15 is 0 Å². The molecule has 6 nitrogen and oxygen atoms in total. The zero-order chi connectivity index (χ0) is 44.5. The smallest absolute Gasteiger partial charge is 0.306 e. The Hall–Kier alpha value is -2.70. The van der Waals surface area contributed by atoms with Crippen molar-refractivity contribution in [3.63, 3.8) is 0 Å². The van der Waals surface area contributed by atoms with Crippen molar-refractivity contribution in [3.05, 3.63) is 72.9 Å². The van der Waals surface area contributed by atoms with Gasteiger partial charge in [-0.3, -0.25) is 9.59 Å². The van der Waals surface area contributed by atoms with E-state index in [1.54, 1.807) is 0 Å². The van der Waals surface area contributed by atoms with Crippen LogP contribution in [0.3, 0.4) is 0 Å². The Morgan fingerprint density at radius 1 is 0.475 bits per heavy atom. The third-order valence-corrected chi connectivity index (χ3v) is 11.4. The van der Waals surface area contributed by atoms with E-state index in [-0.39, 0.29) is 24.9 Å². The Kier molecular flexibility index (Phi) is 46.2. The lowest BCUT2D eigenvalue weighted by Gasteiger charge is -2.24. The first-order chi connectivity index (χ1) is 30.0. The van der Waals surface area contributed by atoms with Gasteiger partial charge in [0, 0.05) is 6.42 Å². The number of hydrogen-bond donors (Lipinski definition) is 3. The summed E-state index contributed by atoms with van der Waals surface area (Å²) >= 11 is 0. The van der Waals surface area contributed by atoms with Gasteiger partial charge in [0.05, 0.1) is 25.2 Å². The lowest BCUT2D eigenvalue weighted by molar-refractivity contribution is -0.151. The van der Waals surface area contributed by atoms with Crippen molar-refractivity contribution < 1.29 is 24.5 Å². The minimum Gasteiger partial charge on any atom is -0.462 e. The average Bonchev–Trinajstić information content (AvgIpc) is 3.25. The van der Waals surface area contributed by atoms with Crippen LogP contribution in [0.2, 0.25) is 0 Å². The summed E-state index contributed by atoms with van der Waals surface area (Å²) in [6.45, 7) is 6.37. The maximum atomic E-state index is 13.2. The van der Waals surface area contributed by atoms with Crippen LogP contribution in [0.4, 0.5) is 0 Å². The molecule has 61 heavy (non-hydrogen) atoms. The quantitative estimate of drug-likeness (QED) is 0.0245. The number of esters is 1. The van der Waals surface area contributed by atoms with Gasteiger partial charge in [0.25, 0.3) is 0 Å². The van der Waals surface area contributed by atoms with Crippen LogP contribution in [0, 0.1) is 0 Å². The van der Waals surface area contributed by atoms with Crippen molar-refractivity contribution in [2.75, 3.05) is 6.61 Å². The van der Waals surface area contributed by atoms with Crippen LogP contribution < -0.4 is 5.32 Å². The van der Waals surface area contributed by atoms with Crippen LogP contribution in [0.25, 0.3) is 0 Å². The maximum Gasteiger partial charge on any atom is 0.306 e. The summed E-state index contributed by atoms with van der Waals surface area (Å²) in [5, 5.41) is 23.8. The van der Waals surface area contributed by atoms with Crippen LogP contribution >= 0.6 is 0 Å². The lowest BCUT2D eigenvalue weighted by atomic mass is 10.0. The molecule has 6 heteroatoms. The van der Waals surface area contributed by atoms with Gasteiger partial charge in [-0.25, -0.2) is 0 Å². The number of rotatable bonds is 45. The molecule has 0 bridgehead atoms. The number of aliphatic hydroxyl groups excluding tert-OH is 2. The summed E-state index contributed by atoms with van der Waals surface area (Å²) < 4.78 is 5.90. The van der Waals surface area contributed by atoms with Gasteiger partial charge >= 0.3 is 5.97 Å². The minimum atomic E-state index is -0.804. The Balaban J connectivity index is 4.72. The highest BCUT2D eigenvalue weighted by Gasteiger charge is 2.24. The van der Waals surface area contributed by atoms with E-state index in [0.29, 0.717) is 19.3 Å². The molecular formula is C55H97NO5. The number of aliphatic hydroxyl groups is 2. The van der Waals surface area contributed by atoms with Gasteiger partial charge in [-0.2, -0.15) is 0 Å². The van der Waals surface area contributed by atoms with Gasteiger partial charge in [-0.1, -0.05) is 229 Å². The Bertz CT molecular complexity index is 1140. The van der Waals surface area contributed by atoms with Crippen LogP contribution in [-0.4, -0.2) is 46.9 Å². The molecule has 3 atom stereocenters. The van der Waals surface area contributed by atoms with Crippen molar-refractivity contribution in [3.8, 4) is 0 Å². The molecule has 352 valence electrons. The third-order valence-electron chi connectivity index (χ3n) is 11.4. The summed E-state index contributed by atoms with van der Waals surface area (Å²) in [5.74, 6) is -0.536. The normalized spacial score (nSPS) is 13.9. The molecule has 0 aromatic heterocycles. The number of amides is 1. The van der Waals surface area contributed by atoms with Gasteiger partial charge in [-0.05, 0) is 70.6 Å². The summed E-state index contributed by atoms with van der Waals surface area (Å²) in [6.07, 6.45) is 60.9. The van der Waals surface area contributed by atoms with Crippen LogP contribution in [-0.2, 0) is 14.3 Å². The molecule has 0 aliphatic carbocycles. The molecule has 1 amide bonds. The number of carbonyl (C=O) groups excluding carboxylic acids is 2. The Morgan fingerprint density at radius 3 is 1.39 bits per heavy atom. The first-order valence-electron chi connectivity index (χ1n) is 25.7. The molecule has 0 fully saturated rings. The molecule has 0 aliphatic heterocycles. The SMILES string of the molecule is CCC/C=C/C=C/C=C/C=C/C=C/CCCCCC(CC(=O)NC(CO)C(O)CCCCCCCCCCCCCCC)OC(=O)CCCCC/C=C\CCCCCCCC. The third kappa shape index (κ3) is 43.7. The first-order valence-corrected chi connectivity index (χ1v) is 25.7. The predicted molar refractivity (Wildman–Crippen MR) is 264 cm³/mol. The summed E-state index contributed by atoms with van der Waals surface area (Å²) in [7, 11) is 0. The monoisotopic (exact) mass is 852 g/mol. The number of carbonyl (C=O) groups is 2. The molecule has 0 rings (SSSR count). The molecule has 0 aliphatic rings. The van der Waals surface area contributed by atoms with Crippen molar-refractivity contribution in [2.24, 2.45) is 0 Å². The van der Waals surface area contributed by atoms with E-state index in [1.165, 1.54) is 109 Å². The second-order valence-electron chi connectivity index (χ2n) is 17.3. The highest BCUT2D eigenvalue weighted by Crippen LogP contribution is 2.17. The predicted octanol–water partition coefficient (Wildman–Crippen LogP) is 15.4. The molecule has 0 heterocycles. The zero-order valence-corrected chi connectivity index (χ0v) is 40.0. The van der Waals surface area contributed by atoms with Gasteiger partial charge in [0.1, 0.15) is 6.10 Å². The largest absolute Gasteiger partial charge is 0.462 e. The van der Waals surface area contributed by atoms with E-state index < -0.39 is 18.2 Å². The summed E-state index contributed by atoms with van der Waals surface area (Å²) in [6, 6.07) is -0.721. The molecule has 0 aromatic carbocycles. The molecular weight excluding hydrogens is 755 g/mol. The van der Waals surface area contributed by atoms with Crippen molar-refractivity contribution in [1.82, 2.24) is 5.32 Å². The van der Waals surface area contributed by atoms with Crippen LogP contribution in [0.1, 0.15) is 239 Å². The second-order valence-corrected chi connectivity index (χ2v) is 17.3. The van der Waals surface area contributed by atoms with Gasteiger partial charge in [0.2, 0.25) is 5.91 Å². The molecule has 3 N–H and O–H groups in total. The standard InChI is InChI=1S/C55H97NO5/c1-4-7-10-13-16-19-22-25-26-27-30-31-34-37-40-43-46-51(61-55(60)48-45-42-39-36-33-29-24-21-18-15-12-9-6-3)49-54(59)56-52(50-57)53(58)47-44-41-38-35-32-28-23-20-17-14-11-8-5-2/h10,13,16,19,22,25-27,29-31,33,51-53,57-58H,4-9,11-12,14-15,17-18,20-21,23-24,28,32,34-50H2,1-3H3,(H,56,59)/b13-10+,19-16+,25-22+,27-26+,31-30+,33-29-. The number of allylic oxidation sites excluding steroid dienone is 12. The Morgan fingerprint density at radius 2 is 0.885 bits per heavy atom. The molecule has 0 aromatic rings. The maximum absolute atomic E-state index is 13.2. The van der Waals surface area contributed by atoms with Crippen molar-refractivity contribution in [1.29, 1.82) is 0 Å².